The molecule has 0 aliphatic heterocycles. The van der Waals surface area contributed by atoms with Crippen LogP contribution in [0.2, 0.25) is 0 Å². The monoisotopic (exact) mass is 453 g/mol. The molecule has 0 unspecified atom stereocenters. The van der Waals surface area contributed by atoms with Crippen LogP contribution in [0.25, 0.3) is 39.1 Å². The van der Waals surface area contributed by atoms with Gasteiger partial charge in [0.25, 0.3) is 0 Å². The van der Waals surface area contributed by atoms with Crippen LogP contribution in [0.5, 0.6) is 0 Å². The first kappa shape index (κ1) is 20.7. The van der Waals surface area contributed by atoms with Crippen molar-refractivity contribution in [2.24, 2.45) is 0 Å². The van der Waals surface area contributed by atoms with Crippen molar-refractivity contribution < 1.29 is 4.42 Å². The van der Waals surface area contributed by atoms with E-state index in [1.807, 2.05) is 60.7 Å². The lowest BCUT2D eigenvalue weighted by Gasteiger charge is -2.04. The Morgan fingerprint density at radius 3 is 1.88 bits per heavy atom. The number of nitriles is 4. The maximum Gasteiger partial charge on any atom is 0.228 e. The van der Waals surface area contributed by atoms with E-state index in [1.54, 1.807) is 30.3 Å². The Morgan fingerprint density at radius 1 is 0.794 bits per heavy atom. The SMILES string of the molecule is N#CC(C#N)=C1C(=Cc2cc3oc(-c4ccccc4)nc3s2)C(=C(C#N)C#N)c2ccccc21. The van der Waals surface area contributed by atoms with E-state index in [2.05, 4.69) is 4.98 Å². The number of oxazole rings is 1. The van der Waals surface area contributed by atoms with Gasteiger partial charge < -0.3 is 4.42 Å². The van der Waals surface area contributed by atoms with Gasteiger partial charge in [-0.2, -0.15) is 26.0 Å². The van der Waals surface area contributed by atoms with Gasteiger partial charge in [0.15, 0.2) is 10.4 Å². The van der Waals surface area contributed by atoms with Gasteiger partial charge >= 0.3 is 0 Å². The highest BCUT2D eigenvalue weighted by Gasteiger charge is 2.32. The summed E-state index contributed by atoms with van der Waals surface area (Å²) in [6.07, 6.45) is 1.78. The fraction of sp³-hybridized carbons (Fsp3) is 0. The summed E-state index contributed by atoms with van der Waals surface area (Å²) in [6.45, 7) is 0. The summed E-state index contributed by atoms with van der Waals surface area (Å²) >= 11 is 1.38. The molecular formula is C27H11N5OS. The molecule has 0 saturated heterocycles. The van der Waals surface area contributed by atoms with E-state index in [4.69, 9.17) is 4.42 Å². The minimum absolute atomic E-state index is 0.0892. The van der Waals surface area contributed by atoms with E-state index in [9.17, 15) is 21.0 Å². The molecule has 0 fully saturated rings. The molecule has 2 aromatic carbocycles. The highest BCUT2D eigenvalue weighted by atomic mass is 32.1. The molecule has 1 aliphatic rings. The molecule has 6 nitrogen and oxygen atoms in total. The normalized spacial score (nSPS) is 11.8. The van der Waals surface area contributed by atoms with Crippen molar-refractivity contribution in [2.45, 2.75) is 0 Å². The number of hydrogen-bond acceptors (Lipinski definition) is 7. The number of aromatic nitrogens is 1. The van der Waals surface area contributed by atoms with Crippen LogP contribution in [0.4, 0.5) is 0 Å². The molecule has 0 amide bonds. The van der Waals surface area contributed by atoms with Crippen molar-refractivity contribution in [3.63, 3.8) is 0 Å². The topological polar surface area (TPSA) is 121 Å². The average molecular weight is 453 g/mol. The van der Waals surface area contributed by atoms with Gasteiger partial charge in [0, 0.05) is 27.7 Å². The molecule has 0 atom stereocenters. The number of rotatable bonds is 2. The molecule has 1 aliphatic carbocycles. The second-order valence-corrected chi connectivity index (χ2v) is 8.32. The molecule has 34 heavy (non-hydrogen) atoms. The van der Waals surface area contributed by atoms with Crippen molar-refractivity contribution in [1.82, 2.24) is 4.98 Å². The molecule has 0 saturated carbocycles. The molecular weight excluding hydrogens is 442 g/mol. The molecule has 0 bridgehead atoms. The Morgan fingerprint density at radius 2 is 1.35 bits per heavy atom. The van der Waals surface area contributed by atoms with Gasteiger partial charge in [-0.1, -0.05) is 42.5 Å². The zero-order valence-electron chi connectivity index (χ0n) is 17.4. The minimum Gasteiger partial charge on any atom is -0.435 e. The molecule has 5 rings (SSSR count). The second-order valence-electron chi connectivity index (χ2n) is 7.25. The van der Waals surface area contributed by atoms with Crippen LogP contribution >= 0.6 is 11.3 Å². The molecule has 2 heterocycles. The van der Waals surface area contributed by atoms with Crippen LogP contribution in [-0.4, -0.2) is 4.98 Å². The van der Waals surface area contributed by atoms with E-state index >= 15 is 0 Å². The first-order chi connectivity index (χ1) is 16.7. The number of nitrogens with zero attached hydrogens (tertiary/aromatic N) is 5. The lowest BCUT2D eigenvalue weighted by atomic mass is 9.96. The van der Waals surface area contributed by atoms with Crippen LogP contribution in [-0.2, 0) is 0 Å². The number of benzene rings is 2. The second kappa shape index (κ2) is 8.38. The number of hydrogen-bond donors (Lipinski definition) is 0. The number of allylic oxidation sites excluding steroid dienone is 5. The van der Waals surface area contributed by atoms with Gasteiger partial charge in [0.2, 0.25) is 5.89 Å². The minimum atomic E-state index is -0.0892. The van der Waals surface area contributed by atoms with Crippen LogP contribution in [0.15, 0.2) is 81.8 Å². The Bertz CT molecular complexity index is 1600. The van der Waals surface area contributed by atoms with Gasteiger partial charge in [-0.05, 0) is 34.9 Å². The first-order valence-electron chi connectivity index (χ1n) is 10.1. The summed E-state index contributed by atoms with van der Waals surface area (Å²) < 4.78 is 5.93. The average Bonchev–Trinajstić information content (AvgIpc) is 3.53. The van der Waals surface area contributed by atoms with Crippen molar-refractivity contribution in [2.75, 3.05) is 0 Å². The van der Waals surface area contributed by atoms with Gasteiger partial charge in [-0.25, -0.2) is 0 Å². The fourth-order valence-corrected chi connectivity index (χ4v) is 4.86. The third-order valence-electron chi connectivity index (χ3n) is 5.37. The third-order valence-corrected chi connectivity index (χ3v) is 6.32. The highest BCUT2D eigenvalue weighted by molar-refractivity contribution is 7.19. The molecule has 7 heteroatoms. The van der Waals surface area contributed by atoms with E-state index in [0.717, 1.165) is 10.4 Å². The fourth-order valence-electron chi connectivity index (χ4n) is 3.96. The highest BCUT2D eigenvalue weighted by Crippen LogP contribution is 2.49. The Labute approximate surface area is 198 Å². The molecule has 0 N–H and O–H groups in total. The summed E-state index contributed by atoms with van der Waals surface area (Å²) in [4.78, 5) is 6.03. The van der Waals surface area contributed by atoms with E-state index in [0.29, 0.717) is 44.2 Å². The van der Waals surface area contributed by atoms with Crippen LogP contribution < -0.4 is 0 Å². The Hall–Kier alpha value is -5.21. The van der Waals surface area contributed by atoms with E-state index < -0.39 is 0 Å². The van der Waals surface area contributed by atoms with Gasteiger partial charge in [0.05, 0.1) is 0 Å². The van der Waals surface area contributed by atoms with Crippen LogP contribution in [0.1, 0.15) is 16.0 Å². The maximum absolute atomic E-state index is 9.63. The molecule has 2 aromatic heterocycles. The summed E-state index contributed by atoms with van der Waals surface area (Å²) in [5.74, 6) is 0.517. The van der Waals surface area contributed by atoms with Gasteiger partial charge in [0.1, 0.15) is 35.4 Å². The first-order valence-corrected chi connectivity index (χ1v) is 10.9. The predicted molar refractivity (Wildman–Crippen MR) is 128 cm³/mol. The zero-order chi connectivity index (χ0) is 23.7. The van der Waals surface area contributed by atoms with Crippen molar-refractivity contribution in [3.05, 3.63) is 93.4 Å². The number of fused-ring (bicyclic) bond motifs is 2. The summed E-state index contributed by atoms with van der Waals surface area (Å²) in [6, 6.07) is 26.3. The van der Waals surface area contributed by atoms with Gasteiger partial charge in [-0.15, -0.1) is 11.3 Å². The van der Waals surface area contributed by atoms with Crippen LogP contribution in [0.3, 0.4) is 0 Å². The summed E-state index contributed by atoms with van der Waals surface area (Å²) in [7, 11) is 0. The lowest BCUT2D eigenvalue weighted by Crippen LogP contribution is -1.89. The van der Waals surface area contributed by atoms with Gasteiger partial charge in [-0.3, -0.25) is 0 Å². The predicted octanol–water partition coefficient (Wildman–Crippen LogP) is 6.26. The Kier molecular flexibility index (Phi) is 5.10. The smallest absolute Gasteiger partial charge is 0.228 e. The van der Waals surface area contributed by atoms with Crippen molar-refractivity contribution in [1.29, 1.82) is 21.0 Å². The van der Waals surface area contributed by atoms with E-state index in [1.165, 1.54) is 11.3 Å². The molecule has 4 aromatic rings. The molecule has 0 spiro atoms. The molecule has 0 radical (unpaired) electrons. The Balaban J connectivity index is 1.73. The van der Waals surface area contributed by atoms with Crippen LogP contribution in [0, 0.1) is 45.3 Å². The largest absolute Gasteiger partial charge is 0.435 e. The number of thiophene rings is 1. The van der Waals surface area contributed by atoms with Crippen molar-refractivity contribution in [3.8, 4) is 35.7 Å². The molecule has 156 valence electrons. The third kappa shape index (κ3) is 3.27. The summed E-state index contributed by atoms with van der Waals surface area (Å²) in [5.41, 5.74) is 3.84. The standard InChI is InChI=1S/C27H11N5OS/c28-12-17(13-29)24-20-8-4-5-9-21(20)25(18(14-30)15-31)22(24)10-19-11-23-27(34-19)32-26(33-23)16-6-2-1-3-7-16/h1-11H. The quantitative estimate of drug-likeness (QED) is 0.330. The van der Waals surface area contributed by atoms with Crippen molar-refractivity contribution >= 4 is 39.0 Å². The summed E-state index contributed by atoms with van der Waals surface area (Å²) in [5, 5.41) is 38.5. The van der Waals surface area contributed by atoms with E-state index in [-0.39, 0.29) is 11.1 Å². The lowest BCUT2D eigenvalue weighted by molar-refractivity contribution is 0.620. The maximum atomic E-state index is 9.63. The zero-order valence-corrected chi connectivity index (χ0v) is 18.2.